The summed E-state index contributed by atoms with van der Waals surface area (Å²) in [7, 11) is 3.09. The lowest BCUT2D eigenvalue weighted by Gasteiger charge is -2.11. The van der Waals surface area contributed by atoms with Gasteiger partial charge in [0.2, 0.25) is 5.95 Å². The first-order valence-corrected chi connectivity index (χ1v) is 10.0. The van der Waals surface area contributed by atoms with Crippen LogP contribution in [0.15, 0.2) is 79.1 Å². The van der Waals surface area contributed by atoms with Gasteiger partial charge in [0.05, 0.1) is 14.2 Å². The molecule has 0 saturated heterocycles. The highest BCUT2D eigenvalue weighted by Crippen LogP contribution is 2.26. The number of nitrogens with one attached hydrogen (secondary N) is 2. The zero-order valence-electron chi connectivity index (χ0n) is 18.0. The zero-order valence-corrected chi connectivity index (χ0v) is 18.0. The van der Waals surface area contributed by atoms with E-state index in [1.807, 2.05) is 6.07 Å². The van der Waals surface area contributed by atoms with E-state index in [-0.39, 0.29) is 11.7 Å². The van der Waals surface area contributed by atoms with Gasteiger partial charge in [0.25, 0.3) is 5.91 Å². The average molecular weight is 444 g/mol. The molecule has 0 aliphatic rings. The third-order valence-electron chi connectivity index (χ3n) is 4.82. The number of anilines is 3. The molecule has 0 fully saturated rings. The van der Waals surface area contributed by atoms with E-state index in [4.69, 9.17) is 9.47 Å². The van der Waals surface area contributed by atoms with Crippen molar-refractivity contribution < 1.29 is 18.7 Å². The van der Waals surface area contributed by atoms with Crippen molar-refractivity contribution in [3.8, 4) is 22.6 Å². The van der Waals surface area contributed by atoms with Crippen molar-refractivity contribution in [1.29, 1.82) is 0 Å². The number of benzene rings is 3. The molecule has 7 nitrogen and oxygen atoms in total. The number of hydrogen-bond acceptors (Lipinski definition) is 6. The molecule has 0 aliphatic carbocycles. The Bertz CT molecular complexity index is 1240. The van der Waals surface area contributed by atoms with Crippen LogP contribution in [0.2, 0.25) is 0 Å². The van der Waals surface area contributed by atoms with Gasteiger partial charge in [-0.3, -0.25) is 4.79 Å². The number of carbonyl (C=O) groups is 1. The van der Waals surface area contributed by atoms with Gasteiger partial charge in [-0.15, -0.1) is 0 Å². The molecular formula is C25H21FN4O3. The second-order valence-electron chi connectivity index (χ2n) is 7.06. The van der Waals surface area contributed by atoms with Gasteiger partial charge in [0.1, 0.15) is 17.3 Å². The summed E-state index contributed by atoms with van der Waals surface area (Å²) < 4.78 is 23.6. The Hall–Kier alpha value is -4.46. The van der Waals surface area contributed by atoms with Gasteiger partial charge in [0, 0.05) is 53.1 Å². The summed E-state index contributed by atoms with van der Waals surface area (Å²) in [6, 6.07) is 18.2. The molecule has 0 atom stereocenters. The maximum absolute atomic E-state index is 13.1. The van der Waals surface area contributed by atoms with Crippen LogP contribution in [0, 0.1) is 5.82 Å². The van der Waals surface area contributed by atoms with Gasteiger partial charge in [-0.2, -0.15) is 0 Å². The van der Waals surface area contributed by atoms with E-state index in [0.29, 0.717) is 34.4 Å². The monoisotopic (exact) mass is 444 g/mol. The largest absolute Gasteiger partial charge is 0.497 e. The Morgan fingerprint density at radius 1 is 0.818 bits per heavy atom. The number of hydrogen-bond donors (Lipinski definition) is 2. The Morgan fingerprint density at radius 2 is 1.48 bits per heavy atom. The van der Waals surface area contributed by atoms with Crippen LogP contribution < -0.4 is 20.1 Å². The van der Waals surface area contributed by atoms with Gasteiger partial charge in [0.15, 0.2) is 0 Å². The quantitative estimate of drug-likeness (QED) is 0.403. The molecule has 0 saturated carbocycles. The standard InChI is InChI=1S/C25H21FN4O3/c1-32-22-11-21(12-23(13-22)33-2)29-24(31)17-4-3-5-20(10-17)30-25-27-14-18(15-28-25)16-6-8-19(26)9-7-16/h3-15H,1-2H3,(H,29,31)(H,27,28,30). The van der Waals surface area contributed by atoms with Crippen LogP contribution in [0.1, 0.15) is 10.4 Å². The summed E-state index contributed by atoms with van der Waals surface area (Å²) in [5, 5.41) is 5.93. The van der Waals surface area contributed by atoms with Gasteiger partial charge < -0.3 is 20.1 Å². The van der Waals surface area contributed by atoms with Crippen molar-refractivity contribution in [2.75, 3.05) is 24.9 Å². The van der Waals surface area contributed by atoms with E-state index in [2.05, 4.69) is 20.6 Å². The van der Waals surface area contributed by atoms with Crippen molar-refractivity contribution in [3.63, 3.8) is 0 Å². The minimum atomic E-state index is -0.299. The molecule has 33 heavy (non-hydrogen) atoms. The Labute approximate surface area is 190 Å². The molecule has 4 rings (SSSR count). The molecule has 2 N–H and O–H groups in total. The highest BCUT2D eigenvalue weighted by atomic mass is 19.1. The molecule has 0 bridgehead atoms. The number of nitrogens with zero attached hydrogens (tertiary/aromatic N) is 2. The number of aromatic nitrogens is 2. The topological polar surface area (TPSA) is 85.4 Å². The van der Waals surface area contributed by atoms with Crippen molar-refractivity contribution in [2.45, 2.75) is 0 Å². The van der Waals surface area contributed by atoms with Gasteiger partial charge in [-0.1, -0.05) is 18.2 Å². The molecule has 0 radical (unpaired) electrons. The predicted octanol–water partition coefficient (Wildman–Crippen LogP) is 5.30. The second-order valence-corrected chi connectivity index (χ2v) is 7.06. The Morgan fingerprint density at radius 3 is 2.12 bits per heavy atom. The van der Waals surface area contributed by atoms with E-state index in [1.54, 1.807) is 75.1 Å². The minimum absolute atomic E-state index is 0.290. The summed E-state index contributed by atoms with van der Waals surface area (Å²) in [6.45, 7) is 0. The molecule has 4 aromatic rings. The lowest BCUT2D eigenvalue weighted by Crippen LogP contribution is -2.12. The van der Waals surface area contributed by atoms with E-state index < -0.39 is 0 Å². The van der Waals surface area contributed by atoms with E-state index >= 15 is 0 Å². The van der Waals surface area contributed by atoms with Crippen LogP contribution in [-0.4, -0.2) is 30.1 Å². The maximum Gasteiger partial charge on any atom is 0.255 e. The van der Waals surface area contributed by atoms with Crippen molar-refractivity contribution in [2.24, 2.45) is 0 Å². The van der Waals surface area contributed by atoms with Crippen LogP contribution in [0.3, 0.4) is 0 Å². The number of carbonyl (C=O) groups excluding carboxylic acids is 1. The zero-order chi connectivity index (χ0) is 23.2. The normalized spacial score (nSPS) is 10.4. The molecule has 3 aromatic carbocycles. The third-order valence-corrected chi connectivity index (χ3v) is 4.82. The number of ether oxygens (including phenoxy) is 2. The fourth-order valence-electron chi connectivity index (χ4n) is 3.13. The first-order chi connectivity index (χ1) is 16.0. The van der Waals surface area contributed by atoms with Gasteiger partial charge in [-0.25, -0.2) is 14.4 Å². The third kappa shape index (κ3) is 5.43. The lowest BCUT2D eigenvalue weighted by molar-refractivity contribution is 0.102. The van der Waals surface area contributed by atoms with Crippen molar-refractivity contribution in [1.82, 2.24) is 9.97 Å². The predicted molar refractivity (Wildman–Crippen MR) is 125 cm³/mol. The summed E-state index contributed by atoms with van der Waals surface area (Å²) in [5.74, 6) is 0.924. The van der Waals surface area contributed by atoms with E-state index in [0.717, 1.165) is 11.1 Å². The molecule has 0 aliphatic heterocycles. The molecule has 1 aromatic heterocycles. The lowest BCUT2D eigenvalue weighted by atomic mass is 10.1. The SMILES string of the molecule is COc1cc(NC(=O)c2cccc(Nc3ncc(-c4ccc(F)cc4)cn3)c2)cc(OC)c1. The molecular weight excluding hydrogens is 423 g/mol. The first kappa shape index (κ1) is 21.8. The molecule has 0 spiro atoms. The fourth-order valence-corrected chi connectivity index (χ4v) is 3.13. The second kappa shape index (κ2) is 9.78. The summed E-state index contributed by atoms with van der Waals surface area (Å²) in [6.07, 6.45) is 3.30. The molecule has 166 valence electrons. The van der Waals surface area contributed by atoms with Crippen LogP contribution in [0.25, 0.3) is 11.1 Å². The summed E-state index contributed by atoms with van der Waals surface area (Å²) in [5.41, 5.74) is 3.23. The highest BCUT2D eigenvalue weighted by Gasteiger charge is 2.10. The molecule has 1 heterocycles. The van der Waals surface area contributed by atoms with Crippen LogP contribution in [0.5, 0.6) is 11.5 Å². The number of halogens is 1. The van der Waals surface area contributed by atoms with Crippen LogP contribution in [-0.2, 0) is 0 Å². The maximum atomic E-state index is 13.1. The minimum Gasteiger partial charge on any atom is -0.497 e. The van der Waals surface area contributed by atoms with E-state index in [1.165, 1.54) is 12.1 Å². The van der Waals surface area contributed by atoms with Crippen LogP contribution >= 0.6 is 0 Å². The van der Waals surface area contributed by atoms with Gasteiger partial charge in [-0.05, 0) is 35.9 Å². The summed E-state index contributed by atoms with van der Waals surface area (Å²) in [4.78, 5) is 21.4. The molecule has 1 amide bonds. The highest BCUT2D eigenvalue weighted by molar-refractivity contribution is 6.05. The Balaban J connectivity index is 1.46. The number of amides is 1. The van der Waals surface area contributed by atoms with Crippen molar-refractivity contribution >= 4 is 23.2 Å². The van der Waals surface area contributed by atoms with Gasteiger partial charge >= 0.3 is 0 Å². The van der Waals surface area contributed by atoms with E-state index in [9.17, 15) is 9.18 Å². The van der Waals surface area contributed by atoms with Crippen LogP contribution in [0.4, 0.5) is 21.7 Å². The molecule has 8 heteroatoms. The number of methoxy groups -OCH3 is 2. The smallest absolute Gasteiger partial charge is 0.255 e. The Kier molecular flexibility index (Phi) is 6.45. The average Bonchev–Trinajstić information content (AvgIpc) is 2.85. The molecule has 0 unspecified atom stereocenters. The first-order valence-electron chi connectivity index (χ1n) is 10.0. The summed E-state index contributed by atoms with van der Waals surface area (Å²) >= 11 is 0. The van der Waals surface area contributed by atoms with Crippen molar-refractivity contribution in [3.05, 3.63) is 90.5 Å². The number of rotatable bonds is 7. The fraction of sp³-hybridized carbons (Fsp3) is 0.0800.